The zero-order valence-electron chi connectivity index (χ0n) is 18.4. The van der Waals surface area contributed by atoms with E-state index in [0.717, 1.165) is 11.8 Å². The van der Waals surface area contributed by atoms with Crippen LogP contribution < -0.4 is 15.9 Å². The lowest BCUT2D eigenvalue weighted by Gasteiger charge is -2.16. The van der Waals surface area contributed by atoms with E-state index in [1.165, 1.54) is 29.9 Å². The lowest BCUT2D eigenvalue weighted by molar-refractivity contribution is 0.414. The predicted octanol–water partition coefficient (Wildman–Crippen LogP) is 5.62. The predicted molar refractivity (Wildman–Crippen MR) is 132 cm³/mol. The first kappa shape index (κ1) is 22.5. The fraction of sp³-hybridized carbons (Fsp3) is 0.0370. The van der Waals surface area contributed by atoms with Crippen molar-refractivity contribution in [2.45, 2.75) is 9.79 Å². The second kappa shape index (κ2) is 9.15. The van der Waals surface area contributed by atoms with Crippen molar-refractivity contribution >= 4 is 22.7 Å². The van der Waals surface area contributed by atoms with Crippen molar-refractivity contribution in [3.8, 4) is 28.4 Å². The minimum absolute atomic E-state index is 0.0564. The molecule has 0 atom stereocenters. The van der Waals surface area contributed by atoms with Crippen molar-refractivity contribution in [2.75, 3.05) is 7.11 Å². The molecule has 0 aliphatic carbocycles. The molecule has 0 aliphatic rings. The van der Waals surface area contributed by atoms with Gasteiger partial charge in [0.15, 0.2) is 5.75 Å². The van der Waals surface area contributed by atoms with Gasteiger partial charge in [-0.3, -0.25) is 9.36 Å². The van der Waals surface area contributed by atoms with Gasteiger partial charge in [-0.25, -0.2) is 9.18 Å². The van der Waals surface area contributed by atoms with E-state index in [1.807, 2.05) is 30.3 Å². The molecule has 0 bridgehead atoms. The summed E-state index contributed by atoms with van der Waals surface area (Å²) in [6.07, 6.45) is 0. The van der Waals surface area contributed by atoms with Gasteiger partial charge in [-0.2, -0.15) is 0 Å². The molecule has 0 fully saturated rings. The number of methoxy groups -OCH3 is 1. The Morgan fingerprint density at radius 2 is 1.71 bits per heavy atom. The molecule has 2 aromatic heterocycles. The van der Waals surface area contributed by atoms with Crippen molar-refractivity contribution in [1.29, 1.82) is 0 Å². The minimum atomic E-state index is -0.832. The number of rotatable bonds is 5. The molecular formula is C27H18FNO5S. The number of aromatic nitrogens is 1. The largest absolute Gasteiger partial charge is 0.505 e. The van der Waals surface area contributed by atoms with Crippen molar-refractivity contribution in [3.63, 3.8) is 0 Å². The van der Waals surface area contributed by atoms with E-state index in [0.29, 0.717) is 27.6 Å². The van der Waals surface area contributed by atoms with Gasteiger partial charge in [0.25, 0.3) is 5.56 Å². The molecule has 5 aromatic rings. The summed E-state index contributed by atoms with van der Waals surface area (Å²) in [5.41, 5.74) is 0.192. The van der Waals surface area contributed by atoms with Crippen LogP contribution in [0.25, 0.3) is 27.9 Å². The molecule has 0 aliphatic heterocycles. The molecule has 0 unspecified atom stereocenters. The van der Waals surface area contributed by atoms with Crippen LogP contribution in [0.3, 0.4) is 0 Å². The second-order valence-corrected chi connectivity index (χ2v) is 8.69. The minimum Gasteiger partial charge on any atom is -0.505 e. The van der Waals surface area contributed by atoms with Gasteiger partial charge in [-0.05, 0) is 35.9 Å². The molecule has 0 saturated heterocycles. The number of hydrogen-bond donors (Lipinski definition) is 1. The van der Waals surface area contributed by atoms with Crippen LogP contribution in [-0.4, -0.2) is 16.8 Å². The van der Waals surface area contributed by atoms with Gasteiger partial charge in [-0.1, -0.05) is 54.2 Å². The van der Waals surface area contributed by atoms with Crippen molar-refractivity contribution in [3.05, 3.63) is 112 Å². The Hall–Kier alpha value is -4.30. The highest BCUT2D eigenvalue weighted by Gasteiger charge is 2.22. The van der Waals surface area contributed by atoms with Crippen LogP contribution in [0.4, 0.5) is 4.39 Å². The van der Waals surface area contributed by atoms with Gasteiger partial charge in [0, 0.05) is 17.0 Å². The number of hydrogen-bond acceptors (Lipinski definition) is 6. The maximum atomic E-state index is 13.8. The van der Waals surface area contributed by atoms with Crippen molar-refractivity contribution in [2.24, 2.45) is 0 Å². The highest BCUT2D eigenvalue weighted by Crippen LogP contribution is 2.37. The lowest BCUT2D eigenvalue weighted by atomic mass is 10.1. The molecule has 0 radical (unpaired) electrons. The summed E-state index contributed by atoms with van der Waals surface area (Å²) >= 11 is 0.822. The van der Waals surface area contributed by atoms with Crippen LogP contribution in [0.15, 0.2) is 109 Å². The smallest absolute Gasteiger partial charge is 0.354 e. The second-order valence-electron chi connectivity index (χ2n) is 7.60. The Labute approximate surface area is 202 Å². The summed E-state index contributed by atoms with van der Waals surface area (Å²) in [5.74, 6) is -0.473. The van der Waals surface area contributed by atoms with Gasteiger partial charge in [0.2, 0.25) is 0 Å². The van der Waals surface area contributed by atoms with E-state index in [1.54, 1.807) is 36.4 Å². The molecule has 1 N–H and O–H groups in total. The van der Waals surface area contributed by atoms with Gasteiger partial charge < -0.3 is 14.3 Å². The third-order valence-electron chi connectivity index (χ3n) is 5.41. The topological polar surface area (TPSA) is 81.7 Å². The first-order valence-electron chi connectivity index (χ1n) is 10.6. The zero-order valence-corrected chi connectivity index (χ0v) is 19.2. The van der Waals surface area contributed by atoms with Gasteiger partial charge in [0.05, 0.1) is 18.5 Å². The standard InChI is InChI=1S/C27H18FNO5S/c1-33-19-11-6-10-18(14-19)29-21(16-7-3-2-4-8-16)15-22-23(26(29)31)24(30)25(27(32)34-22)35-20-12-5-9-17(28)13-20/h2-15,30H,1H3. The van der Waals surface area contributed by atoms with E-state index < -0.39 is 22.8 Å². The SMILES string of the molecule is COc1cccc(-n2c(-c3ccccc3)cc3oc(=O)c(Sc4cccc(F)c4)c(O)c3c2=O)c1. The molecule has 174 valence electrons. The summed E-state index contributed by atoms with van der Waals surface area (Å²) in [6, 6.07) is 23.2. The normalized spacial score (nSPS) is 11.0. The highest BCUT2D eigenvalue weighted by molar-refractivity contribution is 7.99. The molecular weight excluding hydrogens is 469 g/mol. The lowest BCUT2D eigenvalue weighted by Crippen LogP contribution is -2.21. The number of ether oxygens (including phenoxy) is 1. The molecule has 0 spiro atoms. The molecule has 0 amide bonds. The number of benzene rings is 3. The van der Waals surface area contributed by atoms with E-state index in [9.17, 15) is 19.1 Å². The average molecular weight is 488 g/mol. The fourth-order valence-corrected chi connectivity index (χ4v) is 4.69. The van der Waals surface area contributed by atoms with Gasteiger partial charge in [-0.15, -0.1) is 0 Å². The van der Waals surface area contributed by atoms with Gasteiger partial charge >= 0.3 is 5.63 Å². The molecule has 0 saturated carbocycles. The average Bonchev–Trinajstić information content (AvgIpc) is 2.86. The van der Waals surface area contributed by atoms with Crippen molar-refractivity contribution < 1.29 is 18.7 Å². The first-order valence-corrected chi connectivity index (χ1v) is 11.4. The summed E-state index contributed by atoms with van der Waals surface area (Å²) < 4.78 is 25.9. The molecule has 6 nitrogen and oxygen atoms in total. The quantitative estimate of drug-likeness (QED) is 0.347. The van der Waals surface area contributed by atoms with E-state index in [2.05, 4.69) is 0 Å². The fourth-order valence-electron chi connectivity index (χ4n) is 3.81. The number of halogens is 1. The summed E-state index contributed by atoms with van der Waals surface area (Å²) in [4.78, 5) is 26.8. The summed E-state index contributed by atoms with van der Waals surface area (Å²) in [7, 11) is 1.52. The number of aromatic hydroxyl groups is 1. The molecule has 35 heavy (non-hydrogen) atoms. The zero-order chi connectivity index (χ0) is 24.5. The maximum Gasteiger partial charge on any atom is 0.354 e. The van der Waals surface area contributed by atoms with Crippen molar-refractivity contribution in [1.82, 2.24) is 4.57 Å². The Kier molecular flexibility index (Phi) is 5.88. The Bertz CT molecular complexity index is 1680. The summed E-state index contributed by atoms with van der Waals surface area (Å²) in [6.45, 7) is 0. The van der Waals surface area contributed by atoms with Crippen LogP contribution in [0.1, 0.15) is 0 Å². The van der Waals surface area contributed by atoms with E-state index in [-0.39, 0.29) is 15.9 Å². The van der Waals surface area contributed by atoms with Crippen LogP contribution in [0.5, 0.6) is 11.5 Å². The summed E-state index contributed by atoms with van der Waals surface area (Å²) in [5, 5.41) is 10.9. The molecule has 2 heterocycles. The van der Waals surface area contributed by atoms with Crippen LogP contribution in [0.2, 0.25) is 0 Å². The third kappa shape index (κ3) is 4.20. The third-order valence-corrected chi connectivity index (χ3v) is 6.46. The maximum absolute atomic E-state index is 13.8. The molecule has 8 heteroatoms. The first-order chi connectivity index (χ1) is 17.0. The highest BCUT2D eigenvalue weighted by atomic mass is 32.2. The number of pyridine rings is 1. The van der Waals surface area contributed by atoms with Crippen LogP contribution in [-0.2, 0) is 0 Å². The molecule has 3 aromatic carbocycles. The van der Waals surface area contributed by atoms with Crippen LogP contribution in [0, 0.1) is 5.82 Å². The number of fused-ring (bicyclic) bond motifs is 1. The number of nitrogens with zero attached hydrogens (tertiary/aromatic N) is 1. The van der Waals surface area contributed by atoms with Gasteiger partial charge in [0.1, 0.15) is 27.4 Å². The van der Waals surface area contributed by atoms with E-state index in [4.69, 9.17) is 9.15 Å². The van der Waals surface area contributed by atoms with E-state index >= 15 is 0 Å². The Morgan fingerprint density at radius 1 is 0.943 bits per heavy atom. The molecule has 5 rings (SSSR count). The monoisotopic (exact) mass is 487 g/mol. The Morgan fingerprint density at radius 3 is 2.46 bits per heavy atom. The van der Waals surface area contributed by atoms with Crippen LogP contribution >= 0.6 is 11.8 Å². The Balaban J connectivity index is 1.82.